The van der Waals surface area contributed by atoms with Gasteiger partial charge in [0.15, 0.2) is 0 Å². The highest BCUT2D eigenvalue weighted by Crippen LogP contribution is 2.48. The zero-order chi connectivity index (χ0) is 8.93. The van der Waals surface area contributed by atoms with Crippen LogP contribution < -0.4 is 0 Å². The highest BCUT2D eigenvalue weighted by atomic mass is 16.1. The van der Waals surface area contributed by atoms with Crippen molar-refractivity contribution in [1.29, 1.82) is 0 Å². The number of carbonyl (C=O) groups excluding carboxylic acids is 1. The van der Waals surface area contributed by atoms with Crippen molar-refractivity contribution in [1.82, 2.24) is 0 Å². The first-order valence-electron chi connectivity index (χ1n) is 4.73. The van der Waals surface area contributed by atoms with Crippen LogP contribution in [0.5, 0.6) is 0 Å². The number of ketones is 1. The highest BCUT2D eigenvalue weighted by molar-refractivity contribution is 5.86. The molecule has 0 heterocycles. The summed E-state index contributed by atoms with van der Waals surface area (Å²) in [5.41, 5.74) is 1.56. The molecule has 1 nitrogen and oxygen atoms in total. The molecule has 1 saturated carbocycles. The molecule has 0 aromatic rings. The van der Waals surface area contributed by atoms with Gasteiger partial charge >= 0.3 is 0 Å². The molecule has 2 atom stereocenters. The van der Waals surface area contributed by atoms with Crippen LogP contribution in [0.3, 0.4) is 0 Å². The van der Waals surface area contributed by atoms with Crippen LogP contribution in [-0.2, 0) is 4.79 Å². The Morgan fingerprint density at radius 2 is 2.17 bits per heavy atom. The standard InChI is InChI=1S/C11H16O/c1-7-6-11(2,3)8-4-9(7)10(12)5-8/h6,8-9H,4-5H2,1-3H3/t8-,9-/m0/s1. The van der Waals surface area contributed by atoms with E-state index >= 15 is 0 Å². The van der Waals surface area contributed by atoms with Gasteiger partial charge in [0.2, 0.25) is 0 Å². The van der Waals surface area contributed by atoms with Crippen molar-refractivity contribution in [3.8, 4) is 0 Å². The van der Waals surface area contributed by atoms with Gasteiger partial charge in [0, 0.05) is 12.3 Å². The van der Waals surface area contributed by atoms with Gasteiger partial charge in [-0.05, 0) is 24.7 Å². The summed E-state index contributed by atoms with van der Waals surface area (Å²) in [4.78, 5) is 11.5. The monoisotopic (exact) mass is 164 g/mol. The molecule has 0 radical (unpaired) electrons. The van der Waals surface area contributed by atoms with E-state index in [1.165, 1.54) is 5.57 Å². The SMILES string of the molecule is CC1=CC(C)(C)[C@@H]2CC(=O)[C@H]1C2. The Kier molecular flexibility index (Phi) is 1.48. The van der Waals surface area contributed by atoms with E-state index in [0.29, 0.717) is 11.7 Å². The highest BCUT2D eigenvalue weighted by Gasteiger charge is 2.44. The molecule has 66 valence electrons. The maximum absolute atomic E-state index is 11.5. The number of allylic oxidation sites excluding steroid dienone is 2. The molecule has 0 aromatic carbocycles. The molecule has 0 aliphatic heterocycles. The summed E-state index contributed by atoms with van der Waals surface area (Å²) in [6.45, 7) is 6.60. The number of rotatable bonds is 0. The second-order valence-electron chi connectivity index (χ2n) is 4.87. The van der Waals surface area contributed by atoms with Crippen LogP contribution in [0.15, 0.2) is 11.6 Å². The molecule has 1 heteroatoms. The molecule has 0 aromatic heterocycles. The van der Waals surface area contributed by atoms with Crippen LogP contribution in [0.25, 0.3) is 0 Å². The number of fused-ring (bicyclic) bond motifs is 2. The fraction of sp³-hybridized carbons (Fsp3) is 0.727. The quantitative estimate of drug-likeness (QED) is 0.503. The summed E-state index contributed by atoms with van der Waals surface area (Å²) >= 11 is 0. The smallest absolute Gasteiger partial charge is 0.140 e. The van der Waals surface area contributed by atoms with E-state index in [1.807, 2.05) is 0 Å². The second-order valence-corrected chi connectivity index (χ2v) is 4.87. The largest absolute Gasteiger partial charge is 0.299 e. The maximum atomic E-state index is 11.5. The van der Waals surface area contributed by atoms with Crippen LogP contribution >= 0.6 is 0 Å². The average molecular weight is 164 g/mol. The third kappa shape index (κ3) is 0.954. The van der Waals surface area contributed by atoms with Crippen molar-refractivity contribution in [3.63, 3.8) is 0 Å². The van der Waals surface area contributed by atoms with Crippen LogP contribution in [0.2, 0.25) is 0 Å². The molecular weight excluding hydrogens is 148 g/mol. The second kappa shape index (κ2) is 2.21. The van der Waals surface area contributed by atoms with Gasteiger partial charge in [0.25, 0.3) is 0 Å². The van der Waals surface area contributed by atoms with Crippen molar-refractivity contribution < 1.29 is 4.79 Å². The lowest BCUT2D eigenvalue weighted by atomic mass is 9.72. The predicted octanol–water partition coefficient (Wildman–Crippen LogP) is 2.57. The van der Waals surface area contributed by atoms with Crippen LogP contribution in [0, 0.1) is 17.3 Å². The normalized spacial score (nSPS) is 38.2. The lowest BCUT2D eigenvalue weighted by molar-refractivity contribution is -0.119. The van der Waals surface area contributed by atoms with E-state index in [9.17, 15) is 4.79 Å². The average Bonchev–Trinajstić information content (AvgIpc) is 2.26. The topological polar surface area (TPSA) is 17.1 Å². The fourth-order valence-electron chi connectivity index (χ4n) is 2.70. The van der Waals surface area contributed by atoms with Crippen LogP contribution in [0.1, 0.15) is 33.6 Å². The van der Waals surface area contributed by atoms with Gasteiger partial charge in [0.1, 0.15) is 5.78 Å². The first-order valence-corrected chi connectivity index (χ1v) is 4.73. The summed E-state index contributed by atoms with van der Waals surface area (Å²) in [6.07, 6.45) is 4.22. The van der Waals surface area contributed by atoms with Crippen LogP contribution in [0.4, 0.5) is 0 Å². The Morgan fingerprint density at radius 3 is 2.83 bits per heavy atom. The Balaban J connectivity index is 2.41. The summed E-state index contributed by atoms with van der Waals surface area (Å²) in [6, 6.07) is 0. The van der Waals surface area contributed by atoms with Crippen molar-refractivity contribution in [3.05, 3.63) is 11.6 Å². The van der Waals surface area contributed by atoms with Gasteiger partial charge in [0.05, 0.1) is 0 Å². The molecule has 0 amide bonds. The number of Topliss-reactive ketones (excluding diaryl/α,β-unsaturated/α-hetero) is 1. The minimum atomic E-state index is 0.257. The summed E-state index contributed by atoms with van der Waals surface area (Å²) in [5, 5.41) is 0. The lowest BCUT2D eigenvalue weighted by Crippen LogP contribution is -2.23. The van der Waals surface area contributed by atoms with E-state index in [1.54, 1.807) is 0 Å². The van der Waals surface area contributed by atoms with E-state index < -0.39 is 0 Å². The molecule has 0 unspecified atom stereocenters. The molecule has 2 rings (SSSR count). The minimum absolute atomic E-state index is 0.257. The van der Waals surface area contributed by atoms with E-state index in [0.717, 1.165) is 12.8 Å². The minimum Gasteiger partial charge on any atom is -0.299 e. The van der Waals surface area contributed by atoms with Gasteiger partial charge in [-0.3, -0.25) is 4.79 Å². The third-order valence-electron chi connectivity index (χ3n) is 3.56. The summed E-state index contributed by atoms with van der Waals surface area (Å²) in [5.74, 6) is 1.36. The predicted molar refractivity (Wildman–Crippen MR) is 48.8 cm³/mol. The van der Waals surface area contributed by atoms with Crippen molar-refractivity contribution in [2.45, 2.75) is 33.6 Å². The molecule has 0 saturated heterocycles. The van der Waals surface area contributed by atoms with E-state index in [4.69, 9.17) is 0 Å². The Bertz CT molecular complexity index is 260. The molecule has 1 fully saturated rings. The first-order chi connectivity index (χ1) is 5.50. The van der Waals surface area contributed by atoms with Crippen molar-refractivity contribution in [2.75, 3.05) is 0 Å². The zero-order valence-corrected chi connectivity index (χ0v) is 8.05. The van der Waals surface area contributed by atoms with Gasteiger partial charge in [-0.25, -0.2) is 0 Å². The summed E-state index contributed by atoms with van der Waals surface area (Å²) in [7, 11) is 0. The van der Waals surface area contributed by atoms with Crippen LogP contribution in [-0.4, -0.2) is 5.78 Å². The van der Waals surface area contributed by atoms with Gasteiger partial charge in [-0.2, -0.15) is 0 Å². The number of hydrogen-bond acceptors (Lipinski definition) is 1. The molecule has 2 aliphatic rings. The number of carbonyl (C=O) groups is 1. The maximum Gasteiger partial charge on any atom is 0.140 e. The van der Waals surface area contributed by atoms with E-state index in [-0.39, 0.29) is 11.3 Å². The molecule has 2 bridgehead atoms. The molecule has 0 N–H and O–H groups in total. The summed E-state index contributed by atoms with van der Waals surface area (Å²) < 4.78 is 0. The lowest BCUT2D eigenvalue weighted by Gasteiger charge is -2.32. The van der Waals surface area contributed by atoms with Gasteiger partial charge in [-0.15, -0.1) is 0 Å². The third-order valence-corrected chi connectivity index (χ3v) is 3.56. The van der Waals surface area contributed by atoms with Gasteiger partial charge in [-0.1, -0.05) is 25.5 Å². The van der Waals surface area contributed by atoms with Crippen molar-refractivity contribution >= 4 is 5.78 Å². The Morgan fingerprint density at radius 1 is 1.50 bits per heavy atom. The van der Waals surface area contributed by atoms with Crippen molar-refractivity contribution in [2.24, 2.45) is 17.3 Å². The zero-order valence-electron chi connectivity index (χ0n) is 8.05. The molecular formula is C11H16O. The van der Waals surface area contributed by atoms with Gasteiger partial charge < -0.3 is 0 Å². The Hall–Kier alpha value is -0.590. The first kappa shape index (κ1) is 8.03. The van der Waals surface area contributed by atoms with E-state index in [2.05, 4.69) is 26.8 Å². The Labute approximate surface area is 73.8 Å². The molecule has 0 spiro atoms. The number of hydrogen-bond donors (Lipinski definition) is 0. The molecule has 12 heavy (non-hydrogen) atoms. The fourth-order valence-corrected chi connectivity index (χ4v) is 2.70. The molecule has 2 aliphatic carbocycles.